The van der Waals surface area contributed by atoms with E-state index in [4.69, 9.17) is 14.6 Å². The lowest BCUT2D eigenvalue weighted by molar-refractivity contribution is -0.318. The van der Waals surface area contributed by atoms with Crippen molar-refractivity contribution in [1.29, 1.82) is 0 Å². The Morgan fingerprint density at radius 3 is 2.67 bits per heavy atom. The Morgan fingerprint density at radius 2 is 2.10 bits per heavy atom. The van der Waals surface area contributed by atoms with Crippen LogP contribution in [0.25, 0.3) is 0 Å². The molecule has 5 N–H and O–H groups in total. The predicted octanol–water partition coefficient (Wildman–Crippen LogP) is -0.737. The van der Waals surface area contributed by atoms with Crippen LogP contribution in [0, 0.1) is 5.92 Å². The second-order valence-corrected chi connectivity index (χ2v) is 8.81. The maximum atomic E-state index is 12.0. The Bertz CT molecular complexity index is 706. The van der Waals surface area contributed by atoms with Crippen LogP contribution in [0.15, 0.2) is 6.20 Å². The molecule has 1 saturated heterocycles. The number of ether oxygens (including phenoxy) is 2. The lowest BCUT2D eigenvalue weighted by atomic mass is 9.84. The van der Waals surface area contributed by atoms with Gasteiger partial charge in [0.2, 0.25) is 0 Å². The minimum atomic E-state index is -2.18. The number of aliphatic carboxylic acids is 1. The summed E-state index contributed by atoms with van der Waals surface area (Å²) in [5, 5.41) is 57.1. The largest absolute Gasteiger partial charge is 0.477 e. The molecule has 172 valence electrons. The van der Waals surface area contributed by atoms with Crippen LogP contribution in [0.2, 0.25) is 0 Å². The van der Waals surface area contributed by atoms with Gasteiger partial charge >= 0.3 is 5.97 Å². The van der Waals surface area contributed by atoms with E-state index < -0.39 is 48.7 Å². The lowest BCUT2D eigenvalue weighted by Crippen LogP contribution is -2.61. The molecule has 6 atom stereocenters. The highest BCUT2D eigenvalue weighted by Gasteiger charge is 2.54. The van der Waals surface area contributed by atoms with Gasteiger partial charge in [0.15, 0.2) is 0 Å². The van der Waals surface area contributed by atoms with Gasteiger partial charge < -0.3 is 35.0 Å². The first-order valence-electron chi connectivity index (χ1n) is 10.0. The third-order valence-electron chi connectivity index (χ3n) is 5.41. The summed E-state index contributed by atoms with van der Waals surface area (Å²) in [7, 11) is 0. The summed E-state index contributed by atoms with van der Waals surface area (Å²) in [5.41, 5.74) is 0.769. The number of hydrogen-bond acceptors (Lipinski definition) is 9. The summed E-state index contributed by atoms with van der Waals surface area (Å²) >= 11 is 0. The second kappa shape index (κ2) is 9.67. The molecule has 30 heavy (non-hydrogen) atoms. The van der Waals surface area contributed by atoms with Crippen LogP contribution in [0.5, 0.6) is 0 Å². The first kappa shape index (κ1) is 24.6. The molecule has 11 heteroatoms. The molecule has 1 fully saturated rings. The molecule has 0 saturated carbocycles. The minimum absolute atomic E-state index is 0.0117. The zero-order chi connectivity index (χ0) is 22.7. The summed E-state index contributed by atoms with van der Waals surface area (Å²) in [4.78, 5) is 12.0. The van der Waals surface area contributed by atoms with Gasteiger partial charge in [-0.1, -0.05) is 32.9 Å². The minimum Gasteiger partial charge on any atom is -0.477 e. The standard InChI is InChI=1S/C19H33N3O8/c1-11-12(24)8-19(17(27)28,30-16(11)15(26)13(25)10-23)29-7-5-6-22-14(9-20-21-22)18(2,3)4/h9,11-13,15-16,23-26H,5-8,10H2,1-4H3,(H,27,28)/t11-,12-,13-,15-,16?,19-/m1/s1. The SMILES string of the molecule is C[C@H]1C([C@H](O)[C@H](O)CO)O[C@@](OCCCn2nncc2C(C)(C)C)(C(=O)O)C[C@H]1O. The van der Waals surface area contributed by atoms with E-state index in [0.29, 0.717) is 13.0 Å². The molecule has 2 heterocycles. The fourth-order valence-electron chi connectivity index (χ4n) is 3.51. The van der Waals surface area contributed by atoms with Crippen LogP contribution in [0.3, 0.4) is 0 Å². The molecule has 11 nitrogen and oxygen atoms in total. The second-order valence-electron chi connectivity index (χ2n) is 8.81. The first-order chi connectivity index (χ1) is 13.9. The van der Waals surface area contributed by atoms with Crippen molar-refractivity contribution in [1.82, 2.24) is 15.0 Å². The van der Waals surface area contributed by atoms with E-state index in [2.05, 4.69) is 10.3 Å². The Hall–Kier alpha value is -1.63. The van der Waals surface area contributed by atoms with Gasteiger partial charge in [-0.3, -0.25) is 0 Å². The molecule has 2 rings (SSSR count). The van der Waals surface area contributed by atoms with Crippen LogP contribution in [-0.2, 0) is 26.2 Å². The molecule has 0 aromatic carbocycles. The third-order valence-corrected chi connectivity index (χ3v) is 5.41. The summed E-state index contributed by atoms with van der Waals surface area (Å²) < 4.78 is 12.9. The van der Waals surface area contributed by atoms with Crippen molar-refractivity contribution in [2.75, 3.05) is 13.2 Å². The molecular weight excluding hydrogens is 398 g/mol. The molecule has 1 unspecified atom stereocenters. The Morgan fingerprint density at radius 1 is 1.43 bits per heavy atom. The number of aryl methyl sites for hydroxylation is 1. The Labute approximate surface area is 175 Å². The number of carbonyl (C=O) groups is 1. The number of nitrogens with zero attached hydrogens (tertiary/aromatic N) is 3. The quantitative estimate of drug-likeness (QED) is 0.314. The monoisotopic (exact) mass is 431 g/mol. The van der Waals surface area contributed by atoms with Crippen LogP contribution in [0.4, 0.5) is 0 Å². The van der Waals surface area contributed by atoms with Gasteiger partial charge in [-0.05, 0) is 6.42 Å². The molecule has 1 aromatic heterocycles. The molecule has 1 aliphatic rings. The van der Waals surface area contributed by atoms with Crippen molar-refractivity contribution in [2.45, 2.75) is 82.7 Å². The fourth-order valence-corrected chi connectivity index (χ4v) is 3.51. The summed E-state index contributed by atoms with van der Waals surface area (Å²) in [6, 6.07) is 0. The molecular formula is C19H33N3O8. The van der Waals surface area contributed by atoms with Gasteiger partial charge in [0.05, 0.1) is 37.3 Å². The van der Waals surface area contributed by atoms with Gasteiger partial charge in [0, 0.05) is 24.3 Å². The normalized spacial score (nSPS) is 29.5. The molecule has 1 aromatic rings. The van der Waals surface area contributed by atoms with Gasteiger partial charge in [0.1, 0.15) is 12.2 Å². The number of aliphatic hydroxyl groups excluding tert-OH is 4. The van der Waals surface area contributed by atoms with E-state index in [9.17, 15) is 25.2 Å². The number of aliphatic hydroxyl groups is 4. The number of carboxylic acids is 1. The smallest absolute Gasteiger partial charge is 0.364 e. The maximum absolute atomic E-state index is 12.0. The third kappa shape index (κ3) is 5.34. The average molecular weight is 431 g/mol. The average Bonchev–Trinajstić information content (AvgIpc) is 3.15. The number of carboxylic acid groups (broad SMARTS) is 1. The highest BCUT2D eigenvalue weighted by Crippen LogP contribution is 2.36. The van der Waals surface area contributed by atoms with Crippen LogP contribution < -0.4 is 0 Å². The van der Waals surface area contributed by atoms with Crippen molar-refractivity contribution in [3.05, 3.63) is 11.9 Å². The van der Waals surface area contributed by atoms with E-state index in [1.165, 1.54) is 0 Å². The van der Waals surface area contributed by atoms with Crippen molar-refractivity contribution >= 4 is 5.97 Å². The zero-order valence-electron chi connectivity index (χ0n) is 17.8. The predicted molar refractivity (Wildman–Crippen MR) is 103 cm³/mol. The maximum Gasteiger partial charge on any atom is 0.364 e. The van der Waals surface area contributed by atoms with Crippen LogP contribution >= 0.6 is 0 Å². The highest BCUT2D eigenvalue weighted by molar-refractivity contribution is 5.76. The van der Waals surface area contributed by atoms with Crippen molar-refractivity contribution < 1.29 is 39.8 Å². The first-order valence-corrected chi connectivity index (χ1v) is 10.0. The van der Waals surface area contributed by atoms with Gasteiger partial charge in [-0.15, -0.1) is 5.10 Å². The van der Waals surface area contributed by atoms with E-state index in [1.54, 1.807) is 17.8 Å². The van der Waals surface area contributed by atoms with Crippen molar-refractivity contribution in [3.8, 4) is 0 Å². The number of rotatable bonds is 9. The van der Waals surface area contributed by atoms with Crippen LogP contribution in [0.1, 0.15) is 46.2 Å². The van der Waals surface area contributed by atoms with Crippen molar-refractivity contribution in [3.63, 3.8) is 0 Å². The van der Waals surface area contributed by atoms with Crippen LogP contribution in [-0.4, -0.2) is 89.9 Å². The zero-order valence-corrected chi connectivity index (χ0v) is 17.8. The molecule has 1 aliphatic heterocycles. The van der Waals surface area contributed by atoms with E-state index >= 15 is 0 Å². The van der Waals surface area contributed by atoms with Crippen molar-refractivity contribution in [2.24, 2.45) is 5.92 Å². The Kier molecular flexibility index (Phi) is 7.94. The van der Waals surface area contributed by atoms with Gasteiger partial charge in [0.25, 0.3) is 5.79 Å². The Balaban J connectivity index is 2.07. The summed E-state index contributed by atoms with van der Waals surface area (Å²) in [6.07, 6.45) is -3.77. The van der Waals surface area contributed by atoms with Gasteiger partial charge in [-0.25, -0.2) is 9.48 Å². The molecule has 0 radical (unpaired) electrons. The van der Waals surface area contributed by atoms with E-state index in [0.717, 1.165) is 5.69 Å². The fraction of sp³-hybridized carbons (Fsp3) is 0.842. The van der Waals surface area contributed by atoms with E-state index in [1.807, 2.05) is 20.8 Å². The summed E-state index contributed by atoms with van der Waals surface area (Å²) in [5.74, 6) is -4.30. The topological polar surface area (TPSA) is 167 Å². The number of hydrogen-bond donors (Lipinski definition) is 5. The molecule has 0 amide bonds. The van der Waals surface area contributed by atoms with E-state index in [-0.39, 0.29) is 18.4 Å². The highest BCUT2D eigenvalue weighted by atomic mass is 16.7. The molecule has 0 spiro atoms. The molecule has 0 aliphatic carbocycles. The van der Waals surface area contributed by atoms with Gasteiger partial charge in [-0.2, -0.15) is 0 Å². The molecule has 0 bridgehead atoms. The number of aromatic nitrogens is 3. The lowest BCUT2D eigenvalue weighted by Gasteiger charge is -2.45. The summed E-state index contributed by atoms with van der Waals surface area (Å²) in [6.45, 7) is 7.35.